The Hall–Kier alpha value is -3.79. The summed E-state index contributed by atoms with van der Waals surface area (Å²) >= 11 is 1.40. The second-order valence-corrected chi connectivity index (χ2v) is 7.86. The number of aromatic amines is 1. The number of hydrogen-bond donors (Lipinski definition) is 3. The first-order chi connectivity index (χ1) is 15.5. The van der Waals surface area contributed by atoms with E-state index in [1.54, 1.807) is 6.07 Å². The molecule has 2 heterocycles. The summed E-state index contributed by atoms with van der Waals surface area (Å²) in [5.74, 6) is 3.32. The van der Waals surface area contributed by atoms with Gasteiger partial charge in [-0.15, -0.1) is 10.2 Å². The van der Waals surface area contributed by atoms with Crippen molar-refractivity contribution in [2.24, 2.45) is 0 Å². The van der Waals surface area contributed by atoms with Gasteiger partial charge in [-0.25, -0.2) is 4.98 Å². The highest BCUT2D eigenvalue weighted by molar-refractivity contribution is 7.98. The summed E-state index contributed by atoms with van der Waals surface area (Å²) in [4.78, 5) is 11.6. The lowest BCUT2D eigenvalue weighted by Gasteiger charge is -2.10. The number of benzene rings is 2. The van der Waals surface area contributed by atoms with Gasteiger partial charge < -0.3 is 25.5 Å². The molecule has 4 N–H and O–H groups in total. The van der Waals surface area contributed by atoms with E-state index in [0.717, 1.165) is 17.0 Å². The van der Waals surface area contributed by atoms with E-state index in [1.165, 1.54) is 11.8 Å². The monoisotopic (exact) mass is 449 g/mol. The third-order valence-corrected chi connectivity index (χ3v) is 4.74. The Morgan fingerprint density at radius 3 is 2.56 bits per heavy atom. The molecule has 0 aliphatic carbocycles. The molecule has 0 radical (unpaired) electrons. The molecule has 32 heavy (non-hydrogen) atoms. The second kappa shape index (κ2) is 9.56. The average Bonchev–Trinajstić information content (AvgIpc) is 3.22. The lowest BCUT2D eigenvalue weighted by molar-refractivity contribution is 0.242. The molecule has 0 fully saturated rings. The maximum atomic E-state index is 5.80. The zero-order chi connectivity index (χ0) is 22.5. The van der Waals surface area contributed by atoms with Crippen LogP contribution in [-0.2, 0) is 0 Å². The van der Waals surface area contributed by atoms with Crippen molar-refractivity contribution in [1.82, 2.24) is 25.1 Å². The molecule has 0 atom stereocenters. The number of nitrogens with two attached hydrogens (primary N) is 1. The van der Waals surface area contributed by atoms with Crippen LogP contribution in [0.15, 0.2) is 59.8 Å². The van der Waals surface area contributed by atoms with Crippen LogP contribution in [0.4, 0.5) is 17.5 Å². The molecular weight excluding hydrogens is 426 g/mol. The third-order valence-electron chi connectivity index (χ3n) is 4.19. The fraction of sp³-hybridized carbons (Fsp3) is 0.182. The minimum Gasteiger partial charge on any atom is -0.491 e. The fourth-order valence-corrected chi connectivity index (χ4v) is 3.25. The largest absolute Gasteiger partial charge is 0.491 e. The van der Waals surface area contributed by atoms with Gasteiger partial charge in [0.05, 0.1) is 6.10 Å². The van der Waals surface area contributed by atoms with Crippen LogP contribution in [0.25, 0.3) is 11.4 Å². The summed E-state index contributed by atoms with van der Waals surface area (Å²) in [6.45, 7) is 3.98. The van der Waals surface area contributed by atoms with Gasteiger partial charge in [0.1, 0.15) is 17.3 Å². The average molecular weight is 450 g/mol. The van der Waals surface area contributed by atoms with E-state index in [9.17, 15) is 0 Å². The Balaban J connectivity index is 1.44. The van der Waals surface area contributed by atoms with Crippen molar-refractivity contribution in [2.75, 3.05) is 17.3 Å². The topological polar surface area (TPSA) is 124 Å². The van der Waals surface area contributed by atoms with Crippen LogP contribution in [0.3, 0.4) is 0 Å². The minimum absolute atomic E-state index is 0.105. The molecule has 2 aromatic heterocycles. The second-order valence-electron chi connectivity index (χ2n) is 7.09. The van der Waals surface area contributed by atoms with Crippen molar-refractivity contribution in [3.8, 4) is 28.8 Å². The van der Waals surface area contributed by atoms with Crippen LogP contribution >= 0.6 is 11.8 Å². The van der Waals surface area contributed by atoms with E-state index >= 15 is 0 Å². The Morgan fingerprint density at radius 2 is 1.81 bits per heavy atom. The first-order valence-corrected chi connectivity index (χ1v) is 11.1. The lowest BCUT2D eigenvalue weighted by Crippen LogP contribution is -2.05. The normalized spacial score (nSPS) is 10.9. The van der Waals surface area contributed by atoms with E-state index < -0.39 is 0 Å². The van der Waals surface area contributed by atoms with Crippen LogP contribution in [-0.4, -0.2) is 37.5 Å². The summed E-state index contributed by atoms with van der Waals surface area (Å²) in [6, 6.07) is 16.7. The van der Waals surface area contributed by atoms with E-state index in [1.807, 2.05) is 68.6 Å². The van der Waals surface area contributed by atoms with Crippen molar-refractivity contribution in [3.05, 3.63) is 54.6 Å². The first kappa shape index (κ1) is 21.4. The highest BCUT2D eigenvalue weighted by atomic mass is 32.2. The molecular formula is C22H23N7O2S. The number of hydrogen-bond acceptors (Lipinski definition) is 9. The summed E-state index contributed by atoms with van der Waals surface area (Å²) in [5, 5.41) is 12.2. The Morgan fingerprint density at radius 1 is 1.00 bits per heavy atom. The third kappa shape index (κ3) is 5.46. The molecule has 2 aromatic carbocycles. The van der Waals surface area contributed by atoms with Gasteiger partial charge in [-0.1, -0.05) is 17.8 Å². The van der Waals surface area contributed by atoms with Crippen LogP contribution in [0, 0.1) is 0 Å². The summed E-state index contributed by atoms with van der Waals surface area (Å²) in [6.07, 6.45) is 1.98. The number of thioether (sulfide) groups is 1. The Labute approximate surface area is 189 Å². The van der Waals surface area contributed by atoms with Gasteiger partial charge in [0, 0.05) is 23.4 Å². The maximum Gasteiger partial charge on any atom is 0.226 e. The van der Waals surface area contributed by atoms with E-state index in [0.29, 0.717) is 34.4 Å². The smallest absolute Gasteiger partial charge is 0.226 e. The van der Waals surface area contributed by atoms with Gasteiger partial charge >= 0.3 is 0 Å². The van der Waals surface area contributed by atoms with Crippen molar-refractivity contribution >= 4 is 29.2 Å². The number of ether oxygens (including phenoxy) is 2. The lowest BCUT2D eigenvalue weighted by atomic mass is 10.2. The predicted molar refractivity (Wildman–Crippen MR) is 126 cm³/mol. The molecule has 0 bridgehead atoms. The highest BCUT2D eigenvalue weighted by Crippen LogP contribution is 2.26. The first-order valence-electron chi connectivity index (χ1n) is 9.92. The number of nitrogens with one attached hydrogen (secondary N) is 2. The van der Waals surface area contributed by atoms with Gasteiger partial charge in [0.25, 0.3) is 0 Å². The Bertz CT molecular complexity index is 1200. The molecule has 164 valence electrons. The predicted octanol–water partition coefficient (Wildman–Crippen LogP) is 4.89. The zero-order valence-electron chi connectivity index (χ0n) is 17.9. The van der Waals surface area contributed by atoms with Crippen molar-refractivity contribution in [2.45, 2.75) is 25.1 Å². The number of H-pyrrole nitrogens is 1. The standard InChI is InChI=1S/C22H23N7O2S/c1-13(2)30-17-6-4-5-15(11-17)24-21-27-20(28-29-21)14-7-9-16(10-8-14)31-19-12-18(23)25-22(26-19)32-3/h4-13H,1-3H3,(H2,23,25,26)(H2,24,27,28,29). The molecule has 0 saturated carbocycles. The van der Waals surface area contributed by atoms with Crippen molar-refractivity contribution < 1.29 is 9.47 Å². The SMILES string of the molecule is CSc1nc(N)cc(Oc2ccc(-c3nnc(Nc4cccc(OC(C)C)c4)[nH]3)cc2)n1. The van der Waals surface area contributed by atoms with E-state index in [4.69, 9.17) is 15.2 Å². The van der Waals surface area contributed by atoms with Crippen molar-refractivity contribution in [3.63, 3.8) is 0 Å². The van der Waals surface area contributed by atoms with Crippen molar-refractivity contribution in [1.29, 1.82) is 0 Å². The number of rotatable bonds is 8. The summed E-state index contributed by atoms with van der Waals surface area (Å²) in [7, 11) is 0. The highest BCUT2D eigenvalue weighted by Gasteiger charge is 2.09. The molecule has 0 amide bonds. The molecule has 4 rings (SSSR count). The zero-order valence-corrected chi connectivity index (χ0v) is 18.7. The van der Waals surface area contributed by atoms with Crippen LogP contribution in [0.2, 0.25) is 0 Å². The number of nitrogen functional groups attached to an aromatic ring is 1. The van der Waals surface area contributed by atoms with Gasteiger partial charge in [0.2, 0.25) is 11.8 Å². The maximum absolute atomic E-state index is 5.80. The van der Waals surface area contributed by atoms with Gasteiger partial charge in [-0.3, -0.25) is 0 Å². The molecule has 9 nitrogen and oxygen atoms in total. The van der Waals surface area contributed by atoms with Gasteiger partial charge in [-0.2, -0.15) is 4.98 Å². The molecule has 4 aromatic rings. The number of anilines is 3. The fourth-order valence-electron chi connectivity index (χ4n) is 2.87. The minimum atomic E-state index is 0.105. The molecule has 0 saturated heterocycles. The van der Waals surface area contributed by atoms with Crippen LogP contribution in [0.5, 0.6) is 17.4 Å². The van der Waals surface area contributed by atoms with E-state index in [2.05, 4.69) is 30.5 Å². The summed E-state index contributed by atoms with van der Waals surface area (Å²) in [5.41, 5.74) is 7.51. The molecule has 10 heteroatoms. The van der Waals surface area contributed by atoms with Gasteiger partial charge in [0.15, 0.2) is 11.0 Å². The molecule has 0 spiro atoms. The van der Waals surface area contributed by atoms with Gasteiger partial charge in [-0.05, 0) is 56.5 Å². The summed E-state index contributed by atoms with van der Waals surface area (Å²) < 4.78 is 11.5. The number of aromatic nitrogens is 5. The van der Waals surface area contributed by atoms with Crippen LogP contribution < -0.4 is 20.5 Å². The molecule has 0 aliphatic heterocycles. The van der Waals surface area contributed by atoms with E-state index in [-0.39, 0.29) is 6.10 Å². The number of nitrogens with zero attached hydrogens (tertiary/aromatic N) is 4. The Kier molecular flexibility index (Phi) is 6.41. The molecule has 0 unspecified atom stereocenters. The quantitative estimate of drug-likeness (QED) is 0.255. The molecule has 0 aliphatic rings. The van der Waals surface area contributed by atoms with Crippen LogP contribution in [0.1, 0.15) is 13.8 Å².